The summed E-state index contributed by atoms with van der Waals surface area (Å²) < 4.78 is 3.58. The SMILES string of the molecule is CC(NCCCn1ccnc1)c1cc(Cl)sc1Cl. The molecule has 0 aliphatic heterocycles. The first-order valence-electron chi connectivity index (χ1n) is 5.80. The molecule has 0 fully saturated rings. The van der Waals surface area contributed by atoms with Crippen molar-refractivity contribution in [1.29, 1.82) is 0 Å². The van der Waals surface area contributed by atoms with Crippen LogP contribution in [0.15, 0.2) is 24.8 Å². The Labute approximate surface area is 121 Å². The first-order chi connectivity index (χ1) is 8.66. The van der Waals surface area contributed by atoms with Gasteiger partial charge in [0.15, 0.2) is 0 Å². The van der Waals surface area contributed by atoms with Crippen molar-refractivity contribution in [2.45, 2.75) is 25.9 Å². The van der Waals surface area contributed by atoms with Crippen molar-refractivity contribution in [3.05, 3.63) is 39.0 Å². The van der Waals surface area contributed by atoms with Crippen LogP contribution in [0.3, 0.4) is 0 Å². The second-order valence-corrected chi connectivity index (χ2v) is 6.40. The van der Waals surface area contributed by atoms with Crippen LogP contribution in [0, 0.1) is 0 Å². The van der Waals surface area contributed by atoms with Crippen LogP contribution in [0.5, 0.6) is 0 Å². The molecule has 1 atom stereocenters. The lowest BCUT2D eigenvalue weighted by Gasteiger charge is -2.13. The molecule has 1 unspecified atom stereocenters. The van der Waals surface area contributed by atoms with Gasteiger partial charge < -0.3 is 9.88 Å². The molecule has 2 aromatic heterocycles. The maximum absolute atomic E-state index is 6.12. The molecule has 0 spiro atoms. The van der Waals surface area contributed by atoms with E-state index in [-0.39, 0.29) is 6.04 Å². The fourth-order valence-electron chi connectivity index (χ4n) is 1.76. The minimum Gasteiger partial charge on any atom is -0.337 e. The Balaban J connectivity index is 1.75. The number of hydrogen-bond acceptors (Lipinski definition) is 3. The molecule has 0 amide bonds. The van der Waals surface area contributed by atoms with Gasteiger partial charge in [0.05, 0.1) is 15.0 Å². The van der Waals surface area contributed by atoms with Gasteiger partial charge in [-0.25, -0.2) is 4.98 Å². The van der Waals surface area contributed by atoms with Crippen LogP contribution in [0.2, 0.25) is 8.67 Å². The van der Waals surface area contributed by atoms with Crippen molar-refractivity contribution in [3.63, 3.8) is 0 Å². The lowest BCUT2D eigenvalue weighted by atomic mass is 10.2. The van der Waals surface area contributed by atoms with Gasteiger partial charge in [-0.2, -0.15) is 0 Å². The third kappa shape index (κ3) is 3.72. The molecule has 0 bridgehead atoms. The van der Waals surface area contributed by atoms with E-state index in [2.05, 4.69) is 21.8 Å². The third-order valence-electron chi connectivity index (χ3n) is 2.75. The topological polar surface area (TPSA) is 29.9 Å². The Morgan fingerprint density at radius 3 is 2.94 bits per heavy atom. The Morgan fingerprint density at radius 1 is 1.50 bits per heavy atom. The van der Waals surface area contributed by atoms with Crippen molar-refractivity contribution < 1.29 is 0 Å². The van der Waals surface area contributed by atoms with Crippen LogP contribution >= 0.6 is 34.5 Å². The molecular weight excluding hydrogens is 289 g/mol. The van der Waals surface area contributed by atoms with Crippen molar-refractivity contribution in [3.8, 4) is 0 Å². The third-order valence-corrected chi connectivity index (χ3v) is 4.27. The molecule has 0 saturated carbocycles. The van der Waals surface area contributed by atoms with E-state index >= 15 is 0 Å². The molecule has 3 nitrogen and oxygen atoms in total. The number of aromatic nitrogens is 2. The predicted octanol–water partition coefficient (Wildman–Crippen LogP) is 3.99. The Bertz CT molecular complexity index is 481. The molecule has 0 aromatic carbocycles. The monoisotopic (exact) mass is 303 g/mol. The van der Waals surface area contributed by atoms with E-state index in [4.69, 9.17) is 23.2 Å². The summed E-state index contributed by atoms with van der Waals surface area (Å²) in [5, 5.41) is 3.45. The van der Waals surface area contributed by atoms with E-state index in [9.17, 15) is 0 Å². The van der Waals surface area contributed by atoms with Crippen LogP contribution in [-0.4, -0.2) is 16.1 Å². The summed E-state index contributed by atoms with van der Waals surface area (Å²) in [7, 11) is 0. The maximum Gasteiger partial charge on any atom is 0.0991 e. The zero-order valence-corrected chi connectivity index (χ0v) is 12.4. The standard InChI is InChI=1S/C12H15Cl2N3S/c1-9(10-7-11(13)18-12(10)14)16-3-2-5-17-6-4-15-8-17/h4,6-9,16H,2-3,5H2,1H3. The quantitative estimate of drug-likeness (QED) is 0.818. The first-order valence-corrected chi connectivity index (χ1v) is 7.38. The highest BCUT2D eigenvalue weighted by Gasteiger charge is 2.12. The van der Waals surface area contributed by atoms with Crippen molar-refractivity contribution in [2.75, 3.05) is 6.54 Å². The number of thiophene rings is 1. The average Bonchev–Trinajstić information content (AvgIpc) is 2.94. The summed E-state index contributed by atoms with van der Waals surface area (Å²) in [5.41, 5.74) is 1.08. The van der Waals surface area contributed by atoms with Crippen LogP contribution < -0.4 is 5.32 Å². The molecule has 98 valence electrons. The molecule has 2 heterocycles. The van der Waals surface area contributed by atoms with Gasteiger partial charge >= 0.3 is 0 Å². The Hall–Kier alpha value is -0.550. The van der Waals surface area contributed by atoms with E-state index < -0.39 is 0 Å². The summed E-state index contributed by atoms with van der Waals surface area (Å²) in [6.45, 7) is 4.00. The average molecular weight is 304 g/mol. The van der Waals surface area contributed by atoms with Crippen molar-refractivity contribution in [1.82, 2.24) is 14.9 Å². The number of nitrogens with one attached hydrogen (secondary N) is 1. The smallest absolute Gasteiger partial charge is 0.0991 e. The van der Waals surface area contributed by atoms with Crippen LogP contribution in [0.1, 0.15) is 24.9 Å². The van der Waals surface area contributed by atoms with E-state index in [1.165, 1.54) is 11.3 Å². The fourth-order valence-corrected chi connectivity index (χ4v) is 3.40. The first kappa shape index (κ1) is 13.9. The molecule has 0 aliphatic rings. The number of nitrogens with zero attached hydrogens (tertiary/aromatic N) is 2. The number of aryl methyl sites for hydroxylation is 1. The van der Waals surface area contributed by atoms with Gasteiger partial charge in [-0.1, -0.05) is 23.2 Å². The normalized spacial score (nSPS) is 12.8. The van der Waals surface area contributed by atoms with E-state index in [0.29, 0.717) is 0 Å². The number of hydrogen-bond donors (Lipinski definition) is 1. The molecule has 1 N–H and O–H groups in total. The van der Waals surface area contributed by atoms with Gasteiger partial charge in [-0.05, 0) is 31.5 Å². The molecule has 6 heteroatoms. The summed E-state index contributed by atoms with van der Waals surface area (Å²) in [5.74, 6) is 0. The highest BCUT2D eigenvalue weighted by Crippen LogP contribution is 2.34. The highest BCUT2D eigenvalue weighted by molar-refractivity contribution is 7.20. The summed E-state index contributed by atoms with van der Waals surface area (Å²) in [6, 6.07) is 2.16. The van der Waals surface area contributed by atoms with Gasteiger partial charge in [-0.3, -0.25) is 0 Å². The van der Waals surface area contributed by atoms with Gasteiger partial charge in [0, 0.05) is 25.0 Å². The van der Waals surface area contributed by atoms with Gasteiger partial charge in [0.1, 0.15) is 0 Å². The van der Waals surface area contributed by atoms with Crippen LogP contribution in [0.4, 0.5) is 0 Å². The lowest BCUT2D eigenvalue weighted by Crippen LogP contribution is -2.20. The second-order valence-electron chi connectivity index (χ2n) is 4.11. The Morgan fingerprint density at radius 2 is 2.33 bits per heavy atom. The second kappa shape index (κ2) is 6.57. The molecular formula is C12H15Cl2N3S. The van der Waals surface area contributed by atoms with Gasteiger partial charge in [0.25, 0.3) is 0 Å². The summed E-state index contributed by atoms with van der Waals surface area (Å²) in [4.78, 5) is 4.01. The van der Waals surface area contributed by atoms with Crippen LogP contribution in [0.25, 0.3) is 0 Å². The fraction of sp³-hybridized carbons (Fsp3) is 0.417. The molecule has 0 aliphatic carbocycles. The van der Waals surface area contributed by atoms with E-state index in [0.717, 1.165) is 33.7 Å². The largest absolute Gasteiger partial charge is 0.337 e. The molecule has 18 heavy (non-hydrogen) atoms. The minimum atomic E-state index is 0.226. The predicted molar refractivity (Wildman–Crippen MR) is 77.6 cm³/mol. The molecule has 2 rings (SSSR count). The summed E-state index contributed by atoms with van der Waals surface area (Å²) >= 11 is 13.5. The zero-order valence-electron chi connectivity index (χ0n) is 10.1. The number of imidazole rings is 1. The van der Waals surface area contributed by atoms with E-state index in [1.807, 2.05) is 18.6 Å². The number of rotatable bonds is 6. The Kier molecular flexibility index (Phi) is 5.06. The van der Waals surface area contributed by atoms with Gasteiger partial charge in [-0.15, -0.1) is 11.3 Å². The molecule has 0 radical (unpaired) electrons. The van der Waals surface area contributed by atoms with Crippen molar-refractivity contribution >= 4 is 34.5 Å². The lowest BCUT2D eigenvalue weighted by molar-refractivity contribution is 0.527. The molecule has 0 saturated heterocycles. The highest BCUT2D eigenvalue weighted by atomic mass is 35.5. The summed E-state index contributed by atoms with van der Waals surface area (Å²) in [6.07, 6.45) is 6.65. The minimum absolute atomic E-state index is 0.226. The van der Waals surface area contributed by atoms with E-state index in [1.54, 1.807) is 6.20 Å². The van der Waals surface area contributed by atoms with Crippen molar-refractivity contribution in [2.24, 2.45) is 0 Å². The number of halogens is 2. The maximum atomic E-state index is 6.12. The zero-order chi connectivity index (χ0) is 13.0. The molecule has 2 aromatic rings. The van der Waals surface area contributed by atoms with Crippen LogP contribution in [-0.2, 0) is 6.54 Å². The van der Waals surface area contributed by atoms with Gasteiger partial charge in [0.2, 0.25) is 0 Å².